The van der Waals surface area contributed by atoms with Gasteiger partial charge in [-0.15, -0.1) is 0 Å². The number of nitriles is 1. The zero-order chi connectivity index (χ0) is 18.2. The number of carbonyl (C=O) groups is 1. The molecule has 0 bridgehead atoms. The van der Waals surface area contributed by atoms with Crippen molar-refractivity contribution in [1.82, 2.24) is 5.32 Å². The van der Waals surface area contributed by atoms with Crippen molar-refractivity contribution in [1.29, 1.82) is 5.26 Å². The van der Waals surface area contributed by atoms with Gasteiger partial charge in [0.15, 0.2) is 0 Å². The van der Waals surface area contributed by atoms with E-state index in [4.69, 9.17) is 0 Å². The van der Waals surface area contributed by atoms with E-state index in [1.807, 2.05) is 75.4 Å². The number of nitrogens with one attached hydrogen (secondary N) is 2. The summed E-state index contributed by atoms with van der Waals surface area (Å²) in [6.45, 7) is 5.96. The number of benzene rings is 2. The zero-order valence-corrected chi connectivity index (χ0v) is 14.8. The van der Waals surface area contributed by atoms with Crippen molar-refractivity contribution >= 4 is 11.6 Å². The first-order valence-electron chi connectivity index (χ1n) is 8.38. The zero-order valence-electron chi connectivity index (χ0n) is 14.8. The fourth-order valence-corrected chi connectivity index (χ4v) is 2.58. The van der Waals surface area contributed by atoms with E-state index in [0.717, 1.165) is 28.8 Å². The van der Waals surface area contributed by atoms with Gasteiger partial charge in [-0.1, -0.05) is 55.5 Å². The lowest BCUT2D eigenvalue weighted by Crippen LogP contribution is -2.19. The summed E-state index contributed by atoms with van der Waals surface area (Å²) in [5.41, 5.74) is 3.95. The second-order valence-electron chi connectivity index (χ2n) is 5.89. The van der Waals surface area contributed by atoms with Gasteiger partial charge in [-0.2, -0.15) is 5.26 Å². The van der Waals surface area contributed by atoms with Crippen LogP contribution in [0.1, 0.15) is 36.6 Å². The Morgan fingerprint density at radius 2 is 1.92 bits per heavy atom. The van der Waals surface area contributed by atoms with Crippen molar-refractivity contribution in [3.63, 3.8) is 0 Å². The smallest absolute Gasteiger partial charge is 0.267 e. The van der Waals surface area contributed by atoms with Crippen molar-refractivity contribution in [2.75, 3.05) is 5.32 Å². The van der Waals surface area contributed by atoms with Crippen molar-refractivity contribution < 1.29 is 4.79 Å². The molecule has 128 valence electrons. The summed E-state index contributed by atoms with van der Waals surface area (Å²) in [4.78, 5) is 12.5. The Bertz CT molecular complexity index is 804. The Morgan fingerprint density at radius 1 is 1.20 bits per heavy atom. The number of anilines is 1. The Morgan fingerprint density at radius 3 is 2.56 bits per heavy atom. The third kappa shape index (κ3) is 4.71. The van der Waals surface area contributed by atoms with E-state index in [1.54, 1.807) is 0 Å². The summed E-state index contributed by atoms with van der Waals surface area (Å²) >= 11 is 0. The van der Waals surface area contributed by atoms with Gasteiger partial charge in [0.25, 0.3) is 5.91 Å². The van der Waals surface area contributed by atoms with Crippen LogP contribution in [0.15, 0.2) is 60.3 Å². The molecular weight excluding hydrogens is 310 g/mol. The third-order valence-electron chi connectivity index (χ3n) is 4.12. The fourth-order valence-electron chi connectivity index (χ4n) is 2.58. The molecular formula is C21H23N3O. The van der Waals surface area contributed by atoms with Crippen LogP contribution < -0.4 is 10.6 Å². The second kappa shape index (κ2) is 8.70. The van der Waals surface area contributed by atoms with Crippen LogP contribution >= 0.6 is 0 Å². The highest BCUT2D eigenvalue weighted by Crippen LogP contribution is 2.21. The van der Waals surface area contributed by atoms with Crippen LogP contribution in [0.4, 0.5) is 5.69 Å². The predicted octanol–water partition coefficient (Wildman–Crippen LogP) is 4.25. The lowest BCUT2D eigenvalue weighted by molar-refractivity contribution is -0.112. The number of nitrogens with zero attached hydrogens (tertiary/aromatic N) is 1. The molecule has 2 aromatic carbocycles. The van der Waals surface area contributed by atoms with Crippen molar-refractivity contribution in [3.8, 4) is 6.07 Å². The summed E-state index contributed by atoms with van der Waals surface area (Å²) < 4.78 is 0. The van der Waals surface area contributed by atoms with Gasteiger partial charge in [0.05, 0.1) is 0 Å². The van der Waals surface area contributed by atoms with Crippen LogP contribution in [0.2, 0.25) is 0 Å². The molecule has 0 radical (unpaired) electrons. The fraction of sp³-hybridized carbons (Fsp3) is 0.238. The summed E-state index contributed by atoms with van der Waals surface area (Å²) in [5, 5.41) is 15.3. The first-order valence-corrected chi connectivity index (χ1v) is 8.38. The van der Waals surface area contributed by atoms with Gasteiger partial charge in [0.1, 0.15) is 11.6 Å². The first kappa shape index (κ1) is 18.3. The monoisotopic (exact) mass is 333 g/mol. The summed E-state index contributed by atoms with van der Waals surface area (Å²) in [7, 11) is 0. The van der Waals surface area contributed by atoms with Gasteiger partial charge < -0.3 is 10.6 Å². The normalized spacial score (nSPS) is 12.2. The average Bonchev–Trinajstić information content (AvgIpc) is 2.64. The third-order valence-corrected chi connectivity index (χ3v) is 4.12. The van der Waals surface area contributed by atoms with E-state index >= 15 is 0 Å². The Labute approximate surface area is 149 Å². The van der Waals surface area contributed by atoms with E-state index < -0.39 is 5.91 Å². The van der Waals surface area contributed by atoms with Gasteiger partial charge >= 0.3 is 0 Å². The molecule has 0 fully saturated rings. The SMILES string of the molecule is CCc1cccc(C)c1NC(=O)/C(C#N)=C\NC(C)c1ccccc1. The van der Waals surface area contributed by atoms with Crippen LogP contribution in [-0.4, -0.2) is 5.91 Å². The van der Waals surface area contributed by atoms with E-state index in [-0.39, 0.29) is 11.6 Å². The number of para-hydroxylation sites is 1. The van der Waals surface area contributed by atoms with Crippen molar-refractivity contribution in [2.24, 2.45) is 0 Å². The molecule has 0 saturated heterocycles. The van der Waals surface area contributed by atoms with Crippen LogP contribution in [0.3, 0.4) is 0 Å². The quantitative estimate of drug-likeness (QED) is 0.613. The molecule has 0 spiro atoms. The lowest BCUT2D eigenvalue weighted by atomic mass is 10.1. The van der Waals surface area contributed by atoms with Crippen molar-refractivity contribution in [2.45, 2.75) is 33.2 Å². The van der Waals surface area contributed by atoms with E-state index in [2.05, 4.69) is 10.6 Å². The molecule has 1 atom stereocenters. The molecule has 2 rings (SSSR count). The Kier molecular flexibility index (Phi) is 6.36. The number of rotatable bonds is 6. The molecule has 2 aromatic rings. The highest BCUT2D eigenvalue weighted by Gasteiger charge is 2.13. The van der Waals surface area contributed by atoms with Gasteiger partial charge in [-0.3, -0.25) is 4.79 Å². The van der Waals surface area contributed by atoms with Crippen molar-refractivity contribution in [3.05, 3.63) is 77.0 Å². The van der Waals surface area contributed by atoms with E-state index in [9.17, 15) is 10.1 Å². The van der Waals surface area contributed by atoms with E-state index in [0.29, 0.717) is 0 Å². The van der Waals surface area contributed by atoms with Crippen LogP contribution in [0.5, 0.6) is 0 Å². The Balaban J connectivity index is 2.13. The van der Waals surface area contributed by atoms with E-state index in [1.165, 1.54) is 6.20 Å². The highest BCUT2D eigenvalue weighted by molar-refractivity contribution is 6.07. The first-order chi connectivity index (χ1) is 12.1. The maximum atomic E-state index is 12.5. The number of amides is 1. The summed E-state index contributed by atoms with van der Waals surface area (Å²) in [6.07, 6.45) is 2.29. The molecule has 0 aliphatic carbocycles. The number of hydrogen-bond donors (Lipinski definition) is 2. The maximum absolute atomic E-state index is 12.5. The molecule has 0 aromatic heterocycles. The minimum absolute atomic E-state index is 0.00186. The topological polar surface area (TPSA) is 64.9 Å². The number of aryl methyl sites for hydroxylation is 2. The Hall–Kier alpha value is -3.06. The molecule has 0 heterocycles. The van der Waals surface area contributed by atoms with Gasteiger partial charge in [0, 0.05) is 17.9 Å². The van der Waals surface area contributed by atoms with Crippen LogP contribution in [-0.2, 0) is 11.2 Å². The highest BCUT2D eigenvalue weighted by atomic mass is 16.1. The van der Waals surface area contributed by atoms with Gasteiger partial charge in [0.2, 0.25) is 0 Å². The van der Waals surface area contributed by atoms with Gasteiger partial charge in [-0.25, -0.2) is 0 Å². The largest absolute Gasteiger partial charge is 0.383 e. The van der Waals surface area contributed by atoms with Crippen LogP contribution in [0.25, 0.3) is 0 Å². The minimum atomic E-state index is -0.403. The number of hydrogen-bond acceptors (Lipinski definition) is 3. The average molecular weight is 333 g/mol. The number of carbonyl (C=O) groups excluding carboxylic acids is 1. The molecule has 2 N–H and O–H groups in total. The standard InChI is InChI=1S/C21H23N3O/c1-4-17-12-8-9-15(2)20(17)24-21(25)19(13-22)14-23-16(3)18-10-6-5-7-11-18/h5-12,14,16,23H,4H2,1-3H3,(H,24,25)/b19-14-. The predicted molar refractivity (Wildman–Crippen MR) is 101 cm³/mol. The molecule has 1 unspecified atom stereocenters. The minimum Gasteiger partial charge on any atom is -0.383 e. The molecule has 0 aliphatic heterocycles. The molecule has 1 amide bonds. The maximum Gasteiger partial charge on any atom is 0.267 e. The molecule has 0 saturated carbocycles. The summed E-state index contributed by atoms with van der Waals surface area (Å²) in [6, 6.07) is 17.7. The lowest BCUT2D eigenvalue weighted by Gasteiger charge is -2.14. The van der Waals surface area contributed by atoms with Crippen LogP contribution in [0, 0.1) is 18.3 Å². The molecule has 25 heavy (non-hydrogen) atoms. The molecule has 4 heteroatoms. The molecule has 4 nitrogen and oxygen atoms in total. The van der Waals surface area contributed by atoms with Gasteiger partial charge in [-0.05, 0) is 37.0 Å². The summed E-state index contributed by atoms with van der Waals surface area (Å²) in [5.74, 6) is -0.403. The molecule has 0 aliphatic rings. The second-order valence-corrected chi connectivity index (χ2v) is 5.89.